The van der Waals surface area contributed by atoms with E-state index in [1.165, 1.54) is 6.20 Å². The Kier molecular flexibility index (Phi) is 15.0. The Balaban J connectivity index is 1.20. The first-order chi connectivity index (χ1) is 29.4. The second-order valence-corrected chi connectivity index (χ2v) is 15.1. The normalized spacial score (nSPS) is 12.1. The number of fused-ring (bicyclic) bond motifs is 1. The molecule has 2 aromatic heterocycles. The van der Waals surface area contributed by atoms with E-state index < -0.39 is 30.6 Å². The van der Waals surface area contributed by atoms with Gasteiger partial charge in [-0.15, -0.1) is 0 Å². The molecule has 6 aromatic rings. The quantitative estimate of drug-likeness (QED) is 0.0454. The molecule has 0 bridgehead atoms. The third-order valence-corrected chi connectivity index (χ3v) is 10.5. The zero-order valence-corrected chi connectivity index (χ0v) is 34.4. The SMILES string of the molecule is Cc1c(COc2cc(OCc3cncc(C#N)c3)c(CNC[C@@H](O)CC(=O)O)cc2Cl)cccc1-c1cccc(-c2ccc3c(CNC[C@@H](O)CC(=O)O)ccnc3c2)c1C. The zero-order valence-electron chi connectivity index (χ0n) is 33.7. The molecule has 0 unspecified atom stereocenters. The summed E-state index contributed by atoms with van der Waals surface area (Å²) in [5.41, 5.74) is 10.8. The van der Waals surface area contributed by atoms with Gasteiger partial charge in [-0.3, -0.25) is 19.6 Å². The highest BCUT2D eigenvalue weighted by Crippen LogP contribution is 2.37. The van der Waals surface area contributed by atoms with Gasteiger partial charge in [0.15, 0.2) is 0 Å². The number of nitriles is 1. The number of halogens is 1. The monoisotopic (exact) mass is 843 g/mol. The Bertz CT molecular complexity index is 2580. The number of ether oxygens (including phenoxy) is 2. The number of carbonyl (C=O) groups is 2. The second-order valence-electron chi connectivity index (χ2n) is 14.7. The van der Waals surface area contributed by atoms with E-state index in [0.717, 1.165) is 55.4 Å². The molecule has 0 aliphatic carbocycles. The molecule has 4 aromatic carbocycles. The summed E-state index contributed by atoms with van der Waals surface area (Å²) in [6.07, 6.45) is 2.06. The van der Waals surface area contributed by atoms with E-state index in [0.29, 0.717) is 39.8 Å². The Morgan fingerprint density at radius 3 is 2.11 bits per heavy atom. The number of pyridine rings is 2. The Labute approximate surface area is 358 Å². The highest BCUT2D eigenvalue weighted by atomic mass is 35.5. The van der Waals surface area contributed by atoms with Gasteiger partial charge in [-0.25, -0.2) is 0 Å². The van der Waals surface area contributed by atoms with Crippen LogP contribution in [0.3, 0.4) is 0 Å². The molecule has 0 aliphatic heterocycles. The molecule has 2 heterocycles. The van der Waals surface area contributed by atoms with Crippen LogP contribution in [-0.4, -0.2) is 67.6 Å². The molecule has 14 heteroatoms. The maximum atomic E-state index is 11.0. The predicted molar refractivity (Wildman–Crippen MR) is 231 cm³/mol. The molecule has 6 N–H and O–H groups in total. The first-order valence-electron chi connectivity index (χ1n) is 19.6. The van der Waals surface area contributed by atoms with E-state index in [1.807, 2.05) is 30.3 Å². The van der Waals surface area contributed by atoms with Gasteiger partial charge in [0.1, 0.15) is 30.8 Å². The Hall–Kier alpha value is -6.40. The molecule has 13 nitrogen and oxygen atoms in total. The van der Waals surface area contributed by atoms with Crippen LogP contribution in [0.4, 0.5) is 0 Å². The smallest absolute Gasteiger partial charge is 0.306 e. The van der Waals surface area contributed by atoms with Gasteiger partial charge in [0, 0.05) is 67.3 Å². The fraction of sp³-hybridized carbons (Fsp3) is 0.255. The van der Waals surface area contributed by atoms with Crippen molar-refractivity contribution in [2.24, 2.45) is 0 Å². The molecule has 2 atom stereocenters. The number of hydrogen-bond acceptors (Lipinski definition) is 11. The lowest BCUT2D eigenvalue weighted by Gasteiger charge is -2.19. The van der Waals surface area contributed by atoms with Crippen molar-refractivity contribution in [2.45, 2.75) is 65.2 Å². The maximum absolute atomic E-state index is 11.0. The number of carboxylic acid groups (broad SMARTS) is 2. The van der Waals surface area contributed by atoms with Crippen molar-refractivity contribution >= 4 is 34.4 Å². The van der Waals surface area contributed by atoms with Crippen LogP contribution < -0.4 is 20.1 Å². The van der Waals surface area contributed by atoms with Crippen molar-refractivity contribution in [1.29, 1.82) is 5.26 Å². The van der Waals surface area contributed by atoms with E-state index in [9.17, 15) is 25.1 Å². The molecule has 61 heavy (non-hydrogen) atoms. The van der Waals surface area contributed by atoms with E-state index in [4.69, 9.17) is 31.3 Å². The van der Waals surface area contributed by atoms with Gasteiger partial charge in [0.05, 0.1) is 41.2 Å². The number of aliphatic carboxylic acids is 2. The van der Waals surface area contributed by atoms with Crippen LogP contribution in [0.25, 0.3) is 33.2 Å². The van der Waals surface area contributed by atoms with Crippen LogP contribution in [0.1, 0.15) is 51.8 Å². The summed E-state index contributed by atoms with van der Waals surface area (Å²) in [5, 5.41) is 54.8. The predicted octanol–water partition coefficient (Wildman–Crippen LogP) is 7.11. The van der Waals surface area contributed by atoms with Gasteiger partial charge in [0.25, 0.3) is 0 Å². The molecule has 0 spiro atoms. The number of carboxylic acids is 2. The number of benzene rings is 4. The summed E-state index contributed by atoms with van der Waals surface area (Å²) in [5.74, 6) is -1.31. The average molecular weight is 844 g/mol. The molecule has 0 amide bonds. The number of aliphatic hydroxyl groups excluding tert-OH is 2. The van der Waals surface area contributed by atoms with Gasteiger partial charge >= 0.3 is 11.9 Å². The lowest BCUT2D eigenvalue weighted by atomic mass is 9.89. The van der Waals surface area contributed by atoms with Crippen LogP contribution >= 0.6 is 11.6 Å². The highest BCUT2D eigenvalue weighted by molar-refractivity contribution is 6.32. The fourth-order valence-corrected chi connectivity index (χ4v) is 7.34. The number of rotatable bonds is 20. The number of aliphatic hydroxyl groups is 2. The van der Waals surface area contributed by atoms with Crippen molar-refractivity contribution in [3.05, 3.63) is 141 Å². The summed E-state index contributed by atoms with van der Waals surface area (Å²) in [4.78, 5) is 30.7. The van der Waals surface area contributed by atoms with Crippen LogP contribution in [0, 0.1) is 25.2 Å². The molecule has 0 radical (unpaired) electrons. The molecule has 0 saturated carbocycles. The largest absolute Gasteiger partial charge is 0.488 e. The number of aromatic nitrogens is 2. The fourth-order valence-electron chi connectivity index (χ4n) is 7.10. The van der Waals surface area contributed by atoms with Gasteiger partial charge in [0.2, 0.25) is 0 Å². The molecule has 0 fully saturated rings. The Morgan fingerprint density at radius 2 is 1.41 bits per heavy atom. The zero-order chi connectivity index (χ0) is 43.5. The van der Waals surface area contributed by atoms with Gasteiger partial charge < -0.3 is 40.5 Å². The molecule has 0 aliphatic rings. The lowest BCUT2D eigenvalue weighted by Crippen LogP contribution is -2.28. The summed E-state index contributed by atoms with van der Waals surface area (Å²) < 4.78 is 12.6. The summed E-state index contributed by atoms with van der Waals surface area (Å²) >= 11 is 6.78. The topological polar surface area (TPSA) is 207 Å². The third-order valence-electron chi connectivity index (χ3n) is 10.2. The Morgan fingerprint density at radius 1 is 0.754 bits per heavy atom. The standard InChI is InChI=1S/C47H46ClN5O8/c1-28-34(27-61-45-18-44(60-26-31-13-30(19-49)20-50-21-31)35(14-42(45)48)23-52-25-37(55)17-47(58)59)5-3-7-39(28)40-8-4-6-38(29(40)2)32-9-10-41-33(11-12-53-43(41)15-32)22-51-24-36(54)16-46(56)57/h3-15,18,20-21,36-37,51-52,54-55H,16-17,22-27H2,1-2H3,(H,56,57)(H,58,59)/t36-,37-/m0/s1. The van der Waals surface area contributed by atoms with Crippen molar-refractivity contribution < 1.29 is 39.5 Å². The van der Waals surface area contributed by atoms with Gasteiger partial charge in [-0.2, -0.15) is 5.26 Å². The summed E-state index contributed by atoms with van der Waals surface area (Å²) in [7, 11) is 0. The van der Waals surface area contributed by atoms with Crippen LogP contribution in [0.15, 0.2) is 97.5 Å². The van der Waals surface area contributed by atoms with E-state index in [2.05, 4.69) is 70.9 Å². The second kappa shape index (κ2) is 20.7. The van der Waals surface area contributed by atoms with Crippen LogP contribution in [0.2, 0.25) is 5.02 Å². The first kappa shape index (κ1) is 44.2. The third kappa shape index (κ3) is 11.7. The van der Waals surface area contributed by atoms with Crippen LogP contribution in [0.5, 0.6) is 11.5 Å². The minimum absolute atomic E-state index is 0.0406. The number of nitrogens with one attached hydrogen (secondary N) is 2. The van der Waals surface area contributed by atoms with E-state index >= 15 is 0 Å². The van der Waals surface area contributed by atoms with Crippen molar-refractivity contribution in [1.82, 2.24) is 20.6 Å². The lowest BCUT2D eigenvalue weighted by molar-refractivity contribution is -0.140. The molecule has 0 saturated heterocycles. The minimum Gasteiger partial charge on any atom is -0.488 e. The van der Waals surface area contributed by atoms with Crippen molar-refractivity contribution in [2.75, 3.05) is 13.1 Å². The summed E-state index contributed by atoms with van der Waals surface area (Å²) in [6, 6.07) is 27.6. The van der Waals surface area contributed by atoms with Crippen molar-refractivity contribution in [3.63, 3.8) is 0 Å². The summed E-state index contributed by atoms with van der Waals surface area (Å²) in [6.45, 7) is 5.35. The molecular weight excluding hydrogens is 798 g/mol. The maximum Gasteiger partial charge on any atom is 0.306 e. The van der Waals surface area contributed by atoms with E-state index in [1.54, 1.807) is 30.6 Å². The van der Waals surface area contributed by atoms with E-state index in [-0.39, 0.29) is 39.3 Å². The minimum atomic E-state index is -1.10. The number of nitrogens with zero attached hydrogens (tertiary/aromatic N) is 3. The van der Waals surface area contributed by atoms with Crippen LogP contribution in [-0.2, 0) is 35.9 Å². The van der Waals surface area contributed by atoms with Crippen molar-refractivity contribution in [3.8, 4) is 39.8 Å². The molecule has 6 rings (SSSR count). The van der Waals surface area contributed by atoms with Gasteiger partial charge in [-0.1, -0.05) is 60.1 Å². The molecular formula is C47H46ClN5O8. The highest BCUT2D eigenvalue weighted by Gasteiger charge is 2.17. The van der Waals surface area contributed by atoms with Gasteiger partial charge in [-0.05, 0) is 82.6 Å². The first-order valence-corrected chi connectivity index (χ1v) is 20.0. The average Bonchev–Trinajstić information content (AvgIpc) is 3.23. The number of hydrogen-bond donors (Lipinski definition) is 6. The molecule has 314 valence electrons.